The summed E-state index contributed by atoms with van der Waals surface area (Å²) in [6.45, 7) is 3.83. The van der Waals surface area contributed by atoms with Gasteiger partial charge in [0, 0.05) is 29.2 Å². The van der Waals surface area contributed by atoms with Gasteiger partial charge >= 0.3 is 0 Å². The van der Waals surface area contributed by atoms with Crippen LogP contribution in [0.3, 0.4) is 0 Å². The van der Waals surface area contributed by atoms with Crippen LogP contribution in [0.2, 0.25) is 0 Å². The number of benzene rings is 2. The third-order valence-electron chi connectivity index (χ3n) is 4.76. The van der Waals surface area contributed by atoms with E-state index in [9.17, 15) is 9.59 Å². The maximum Gasteiger partial charge on any atom is 0.255 e. The molecule has 0 aliphatic rings. The molecule has 150 valence electrons. The van der Waals surface area contributed by atoms with Gasteiger partial charge < -0.3 is 14.5 Å². The maximum atomic E-state index is 12.6. The van der Waals surface area contributed by atoms with Gasteiger partial charge in [-0.1, -0.05) is 12.1 Å². The minimum Gasteiger partial charge on any atom is -0.487 e. The van der Waals surface area contributed by atoms with Crippen molar-refractivity contribution in [2.24, 2.45) is 0 Å². The first-order valence-electron chi connectivity index (χ1n) is 9.58. The molecule has 2 heterocycles. The van der Waals surface area contributed by atoms with E-state index in [2.05, 4.69) is 10.3 Å². The summed E-state index contributed by atoms with van der Waals surface area (Å²) in [4.78, 5) is 28.5. The second-order valence-electron chi connectivity index (χ2n) is 7.06. The zero-order chi connectivity index (χ0) is 21.1. The number of nitrogens with zero attached hydrogens (tertiary/aromatic N) is 2. The topological polar surface area (TPSA) is 72.7 Å². The third kappa shape index (κ3) is 4.22. The Labute approximate surface area is 174 Å². The highest BCUT2D eigenvalue weighted by molar-refractivity contribution is 6.04. The van der Waals surface area contributed by atoms with Crippen molar-refractivity contribution in [2.45, 2.75) is 20.5 Å². The summed E-state index contributed by atoms with van der Waals surface area (Å²) in [5.74, 6) is 0.321. The minimum absolute atomic E-state index is 0.0153. The van der Waals surface area contributed by atoms with Crippen LogP contribution in [0.25, 0.3) is 5.65 Å². The van der Waals surface area contributed by atoms with Gasteiger partial charge in [-0.25, -0.2) is 4.98 Å². The SMILES string of the molecule is CC(=O)c1ccc(NC(=O)c2cccc(OCc3cn4cccc(C)c4n3)c2)cc1. The van der Waals surface area contributed by atoms with Crippen LogP contribution in [0.5, 0.6) is 5.75 Å². The molecule has 0 unspecified atom stereocenters. The molecule has 0 saturated heterocycles. The summed E-state index contributed by atoms with van der Waals surface area (Å²) in [7, 11) is 0. The van der Waals surface area contributed by atoms with Crippen molar-refractivity contribution in [3.63, 3.8) is 0 Å². The first-order valence-corrected chi connectivity index (χ1v) is 9.58. The Morgan fingerprint density at radius 1 is 1.03 bits per heavy atom. The van der Waals surface area contributed by atoms with Gasteiger partial charge in [-0.2, -0.15) is 0 Å². The number of anilines is 1. The van der Waals surface area contributed by atoms with Crippen LogP contribution < -0.4 is 10.1 Å². The van der Waals surface area contributed by atoms with Crippen molar-refractivity contribution in [3.05, 3.63) is 95.4 Å². The van der Waals surface area contributed by atoms with Gasteiger partial charge in [-0.15, -0.1) is 0 Å². The largest absolute Gasteiger partial charge is 0.487 e. The number of Topliss-reactive ketones (excluding diaryl/α,β-unsaturated/α-hetero) is 1. The molecular weight excluding hydrogens is 378 g/mol. The van der Waals surface area contributed by atoms with E-state index in [4.69, 9.17) is 4.74 Å². The predicted molar refractivity (Wildman–Crippen MR) is 115 cm³/mol. The molecule has 30 heavy (non-hydrogen) atoms. The van der Waals surface area contributed by atoms with Gasteiger partial charge in [0.1, 0.15) is 18.0 Å². The number of imidazole rings is 1. The summed E-state index contributed by atoms with van der Waals surface area (Å²) >= 11 is 0. The molecule has 2 aromatic heterocycles. The van der Waals surface area contributed by atoms with E-state index in [1.807, 2.05) is 35.9 Å². The van der Waals surface area contributed by atoms with Crippen LogP contribution >= 0.6 is 0 Å². The second-order valence-corrected chi connectivity index (χ2v) is 7.06. The van der Waals surface area contributed by atoms with E-state index in [0.29, 0.717) is 29.2 Å². The summed E-state index contributed by atoms with van der Waals surface area (Å²) in [6.07, 6.45) is 3.89. The van der Waals surface area contributed by atoms with Crippen molar-refractivity contribution >= 4 is 23.0 Å². The average molecular weight is 399 g/mol. The van der Waals surface area contributed by atoms with Crippen LogP contribution in [0.15, 0.2) is 73.1 Å². The molecule has 0 atom stereocenters. The molecule has 0 fully saturated rings. The molecule has 0 radical (unpaired) electrons. The van der Waals surface area contributed by atoms with E-state index in [-0.39, 0.29) is 11.7 Å². The van der Waals surface area contributed by atoms with Gasteiger partial charge in [0.2, 0.25) is 0 Å². The van der Waals surface area contributed by atoms with Gasteiger partial charge in [0.05, 0.1) is 5.69 Å². The Morgan fingerprint density at radius 2 is 1.83 bits per heavy atom. The smallest absolute Gasteiger partial charge is 0.255 e. The summed E-state index contributed by atoms with van der Waals surface area (Å²) in [5.41, 5.74) is 4.51. The number of aryl methyl sites for hydroxylation is 1. The van der Waals surface area contributed by atoms with Gasteiger partial charge in [0.25, 0.3) is 5.91 Å². The molecular formula is C24H21N3O3. The van der Waals surface area contributed by atoms with Gasteiger partial charge in [-0.05, 0) is 67.9 Å². The molecule has 2 aromatic carbocycles. The normalized spacial score (nSPS) is 10.7. The number of ketones is 1. The van der Waals surface area contributed by atoms with Crippen LogP contribution in [-0.2, 0) is 6.61 Å². The Kier molecular flexibility index (Phi) is 5.30. The lowest BCUT2D eigenvalue weighted by molar-refractivity contribution is 0.101. The summed E-state index contributed by atoms with van der Waals surface area (Å²) < 4.78 is 7.82. The fourth-order valence-electron chi connectivity index (χ4n) is 3.15. The van der Waals surface area contributed by atoms with E-state index in [1.54, 1.807) is 48.5 Å². The quantitative estimate of drug-likeness (QED) is 0.478. The van der Waals surface area contributed by atoms with Crippen molar-refractivity contribution in [2.75, 3.05) is 5.32 Å². The minimum atomic E-state index is -0.251. The number of hydrogen-bond donors (Lipinski definition) is 1. The first-order chi connectivity index (χ1) is 14.5. The van der Waals surface area contributed by atoms with E-state index in [0.717, 1.165) is 16.9 Å². The number of fused-ring (bicyclic) bond motifs is 1. The number of pyridine rings is 1. The zero-order valence-corrected chi connectivity index (χ0v) is 16.8. The first kappa shape index (κ1) is 19.4. The summed E-state index contributed by atoms with van der Waals surface area (Å²) in [5, 5.41) is 2.83. The van der Waals surface area contributed by atoms with Crippen molar-refractivity contribution in [1.82, 2.24) is 9.38 Å². The fraction of sp³-hybridized carbons (Fsp3) is 0.125. The van der Waals surface area contributed by atoms with E-state index in [1.165, 1.54) is 6.92 Å². The molecule has 0 saturated carbocycles. The van der Waals surface area contributed by atoms with Crippen LogP contribution in [0.4, 0.5) is 5.69 Å². The number of ether oxygens (including phenoxy) is 1. The number of rotatable bonds is 6. The standard InChI is InChI=1S/C24H21N3O3/c1-16-5-4-12-27-14-21(25-23(16)27)15-30-22-7-3-6-19(13-22)24(29)26-20-10-8-18(9-11-20)17(2)28/h3-14H,15H2,1-2H3,(H,26,29). The van der Waals surface area contributed by atoms with Crippen molar-refractivity contribution < 1.29 is 14.3 Å². The lowest BCUT2D eigenvalue weighted by Crippen LogP contribution is -2.12. The average Bonchev–Trinajstić information content (AvgIpc) is 3.17. The van der Waals surface area contributed by atoms with Gasteiger partial charge in [-0.3, -0.25) is 9.59 Å². The highest BCUT2D eigenvalue weighted by Gasteiger charge is 2.09. The molecule has 1 amide bonds. The third-order valence-corrected chi connectivity index (χ3v) is 4.76. The molecule has 1 N–H and O–H groups in total. The second kappa shape index (κ2) is 8.21. The van der Waals surface area contributed by atoms with Crippen LogP contribution in [0, 0.1) is 6.92 Å². The molecule has 0 aliphatic heterocycles. The zero-order valence-electron chi connectivity index (χ0n) is 16.8. The van der Waals surface area contributed by atoms with Crippen LogP contribution in [0.1, 0.15) is 38.9 Å². The predicted octanol–water partition coefficient (Wildman–Crippen LogP) is 4.68. The number of carbonyl (C=O) groups excluding carboxylic acids is 2. The van der Waals surface area contributed by atoms with Crippen molar-refractivity contribution in [3.8, 4) is 5.75 Å². The number of carbonyl (C=O) groups is 2. The summed E-state index contributed by atoms with van der Waals surface area (Å²) in [6, 6.07) is 17.8. The molecule has 0 aliphatic carbocycles. The monoisotopic (exact) mass is 399 g/mol. The molecule has 0 bridgehead atoms. The van der Waals surface area contributed by atoms with Gasteiger partial charge in [0.15, 0.2) is 5.78 Å². The number of nitrogens with one attached hydrogen (secondary N) is 1. The van der Waals surface area contributed by atoms with Crippen molar-refractivity contribution in [1.29, 1.82) is 0 Å². The lowest BCUT2D eigenvalue weighted by atomic mass is 10.1. The molecule has 4 rings (SSSR count). The van der Waals surface area contributed by atoms with E-state index >= 15 is 0 Å². The van der Waals surface area contributed by atoms with Crippen LogP contribution in [-0.4, -0.2) is 21.1 Å². The number of amides is 1. The highest BCUT2D eigenvalue weighted by Crippen LogP contribution is 2.18. The molecule has 4 aromatic rings. The lowest BCUT2D eigenvalue weighted by Gasteiger charge is -2.08. The number of hydrogen-bond acceptors (Lipinski definition) is 4. The Bertz CT molecular complexity index is 1230. The highest BCUT2D eigenvalue weighted by atomic mass is 16.5. The Balaban J connectivity index is 1.43. The fourth-order valence-corrected chi connectivity index (χ4v) is 3.15. The Hall–Kier alpha value is -3.93. The number of aromatic nitrogens is 2. The van der Waals surface area contributed by atoms with E-state index < -0.39 is 0 Å². The molecule has 6 heteroatoms. The molecule has 6 nitrogen and oxygen atoms in total. The Morgan fingerprint density at radius 3 is 2.57 bits per heavy atom. The molecule has 0 spiro atoms. The maximum absolute atomic E-state index is 12.6.